The van der Waals surface area contributed by atoms with Crippen LogP contribution in [-0.2, 0) is 12.6 Å². The summed E-state index contributed by atoms with van der Waals surface area (Å²) in [6.07, 6.45) is 4.92. The third-order valence-corrected chi connectivity index (χ3v) is 3.76. The van der Waals surface area contributed by atoms with Crippen molar-refractivity contribution in [2.75, 3.05) is 11.9 Å². The van der Waals surface area contributed by atoms with Gasteiger partial charge in [-0.3, -0.25) is 4.68 Å². The van der Waals surface area contributed by atoms with Crippen LogP contribution < -0.4 is 5.32 Å². The summed E-state index contributed by atoms with van der Waals surface area (Å²) in [6, 6.07) is 5.43. The van der Waals surface area contributed by atoms with Crippen LogP contribution in [0.5, 0.6) is 0 Å². The van der Waals surface area contributed by atoms with Crippen LogP contribution in [-0.4, -0.2) is 31.4 Å². The van der Waals surface area contributed by atoms with Gasteiger partial charge in [0.25, 0.3) is 0 Å². The van der Waals surface area contributed by atoms with Gasteiger partial charge in [-0.25, -0.2) is 9.97 Å². The molecule has 1 aromatic carbocycles. The first-order valence-corrected chi connectivity index (χ1v) is 7.19. The van der Waals surface area contributed by atoms with Crippen molar-refractivity contribution in [3.05, 3.63) is 47.5 Å². The Bertz CT molecular complexity index is 815. The molecule has 1 unspecified atom stereocenters. The fourth-order valence-corrected chi connectivity index (χ4v) is 2.39. The van der Waals surface area contributed by atoms with Gasteiger partial charge in [0, 0.05) is 35.8 Å². The molecule has 2 heterocycles. The number of halogens is 1. The van der Waals surface area contributed by atoms with Gasteiger partial charge < -0.3 is 10.4 Å². The highest BCUT2D eigenvalue weighted by Crippen LogP contribution is 2.25. The normalized spacial score (nSPS) is 14.0. The van der Waals surface area contributed by atoms with E-state index in [0.717, 1.165) is 16.5 Å². The first-order valence-electron chi connectivity index (χ1n) is 6.81. The number of benzene rings is 1. The summed E-state index contributed by atoms with van der Waals surface area (Å²) in [5.41, 5.74) is 0.438. The number of rotatable bonds is 4. The van der Waals surface area contributed by atoms with E-state index in [0.29, 0.717) is 17.4 Å². The fraction of sp³-hybridized carbons (Fsp3) is 0.267. The van der Waals surface area contributed by atoms with E-state index in [1.165, 1.54) is 6.33 Å². The Morgan fingerprint density at radius 1 is 1.36 bits per heavy atom. The van der Waals surface area contributed by atoms with Crippen LogP contribution in [0.3, 0.4) is 0 Å². The maximum absolute atomic E-state index is 10.6. The van der Waals surface area contributed by atoms with Crippen molar-refractivity contribution in [3.63, 3.8) is 0 Å². The van der Waals surface area contributed by atoms with Crippen LogP contribution in [0.15, 0.2) is 36.9 Å². The molecule has 2 N–H and O–H groups in total. The predicted molar refractivity (Wildman–Crippen MR) is 85.8 cm³/mol. The minimum absolute atomic E-state index is 0.299. The maximum Gasteiger partial charge on any atom is 0.137 e. The van der Waals surface area contributed by atoms with Crippen LogP contribution >= 0.6 is 11.6 Å². The summed E-state index contributed by atoms with van der Waals surface area (Å²) in [5.74, 6) is 0.658. The monoisotopic (exact) mass is 317 g/mol. The zero-order chi connectivity index (χ0) is 15.7. The molecule has 114 valence electrons. The summed E-state index contributed by atoms with van der Waals surface area (Å²) in [7, 11) is 1.81. The molecule has 22 heavy (non-hydrogen) atoms. The molecule has 3 rings (SSSR count). The molecule has 0 fully saturated rings. The van der Waals surface area contributed by atoms with Crippen molar-refractivity contribution in [1.82, 2.24) is 19.7 Å². The maximum atomic E-state index is 10.6. The molecule has 0 saturated carbocycles. The van der Waals surface area contributed by atoms with Crippen LogP contribution in [0.25, 0.3) is 10.9 Å². The van der Waals surface area contributed by atoms with E-state index < -0.39 is 5.60 Å². The number of fused-ring (bicyclic) bond motifs is 1. The molecular formula is C15H16ClN5O. The minimum Gasteiger partial charge on any atom is -0.383 e. The highest BCUT2D eigenvalue weighted by molar-refractivity contribution is 6.31. The molecule has 0 bridgehead atoms. The second-order valence-corrected chi connectivity index (χ2v) is 5.85. The van der Waals surface area contributed by atoms with Crippen molar-refractivity contribution in [2.45, 2.75) is 12.5 Å². The highest BCUT2D eigenvalue weighted by atomic mass is 35.5. The summed E-state index contributed by atoms with van der Waals surface area (Å²) in [4.78, 5) is 8.44. The standard InChI is InChI=1S/C15H16ClN5O/c1-15(22,10-6-20-21(2)7-10)8-17-14-12-4-3-11(16)5-13(12)18-9-19-14/h3-7,9,22H,8H2,1-2H3,(H,17,18,19). The lowest BCUT2D eigenvalue weighted by molar-refractivity contribution is 0.0714. The smallest absolute Gasteiger partial charge is 0.137 e. The van der Waals surface area contributed by atoms with Crippen LogP contribution in [0, 0.1) is 0 Å². The first-order chi connectivity index (χ1) is 10.5. The largest absolute Gasteiger partial charge is 0.383 e. The Balaban J connectivity index is 1.85. The number of hydrogen-bond acceptors (Lipinski definition) is 5. The van der Waals surface area contributed by atoms with Gasteiger partial charge in [0.05, 0.1) is 11.7 Å². The molecule has 0 aliphatic heterocycles. The van der Waals surface area contributed by atoms with Crippen molar-refractivity contribution in [1.29, 1.82) is 0 Å². The Labute approximate surface area is 132 Å². The Morgan fingerprint density at radius 3 is 2.91 bits per heavy atom. The van der Waals surface area contributed by atoms with Gasteiger partial charge >= 0.3 is 0 Å². The predicted octanol–water partition coefficient (Wildman–Crippen LogP) is 2.34. The molecule has 0 aliphatic carbocycles. The minimum atomic E-state index is -1.06. The third kappa shape index (κ3) is 2.88. The number of aliphatic hydroxyl groups is 1. The molecule has 3 aromatic rings. The number of aromatic nitrogens is 4. The van der Waals surface area contributed by atoms with E-state index >= 15 is 0 Å². The van der Waals surface area contributed by atoms with E-state index in [1.54, 1.807) is 36.1 Å². The van der Waals surface area contributed by atoms with E-state index in [-0.39, 0.29) is 0 Å². The van der Waals surface area contributed by atoms with Gasteiger partial charge in [0.2, 0.25) is 0 Å². The highest BCUT2D eigenvalue weighted by Gasteiger charge is 2.25. The molecule has 0 amide bonds. The van der Waals surface area contributed by atoms with Gasteiger partial charge in [-0.05, 0) is 25.1 Å². The van der Waals surface area contributed by atoms with E-state index in [2.05, 4.69) is 20.4 Å². The molecule has 6 nitrogen and oxygen atoms in total. The molecule has 0 saturated heterocycles. The molecule has 0 radical (unpaired) electrons. The van der Waals surface area contributed by atoms with Crippen molar-refractivity contribution in [3.8, 4) is 0 Å². The summed E-state index contributed by atoms with van der Waals surface area (Å²) in [5, 5.41) is 19.3. The second kappa shape index (κ2) is 5.55. The Kier molecular flexibility index (Phi) is 3.72. The molecule has 0 aliphatic rings. The van der Waals surface area contributed by atoms with E-state index in [4.69, 9.17) is 11.6 Å². The third-order valence-electron chi connectivity index (χ3n) is 3.53. The zero-order valence-electron chi connectivity index (χ0n) is 12.3. The molecule has 2 aromatic heterocycles. The lowest BCUT2D eigenvalue weighted by Gasteiger charge is -2.23. The van der Waals surface area contributed by atoms with Gasteiger partial charge in [-0.1, -0.05) is 11.6 Å². The van der Waals surface area contributed by atoms with Crippen LogP contribution in [0.2, 0.25) is 5.02 Å². The van der Waals surface area contributed by atoms with Gasteiger partial charge in [0.15, 0.2) is 0 Å². The summed E-state index contributed by atoms with van der Waals surface area (Å²) in [6.45, 7) is 2.03. The van der Waals surface area contributed by atoms with Crippen molar-refractivity contribution < 1.29 is 5.11 Å². The average molecular weight is 318 g/mol. The zero-order valence-corrected chi connectivity index (χ0v) is 13.0. The van der Waals surface area contributed by atoms with E-state index in [1.807, 2.05) is 13.1 Å². The number of hydrogen-bond donors (Lipinski definition) is 2. The number of nitrogens with one attached hydrogen (secondary N) is 1. The lowest BCUT2D eigenvalue weighted by Crippen LogP contribution is -2.30. The Hall–Kier alpha value is -2.18. The van der Waals surface area contributed by atoms with Gasteiger partial charge in [-0.15, -0.1) is 0 Å². The van der Waals surface area contributed by atoms with Gasteiger partial charge in [0.1, 0.15) is 17.7 Å². The molecular weight excluding hydrogens is 302 g/mol. The molecule has 0 spiro atoms. The fourth-order valence-electron chi connectivity index (χ4n) is 2.23. The van der Waals surface area contributed by atoms with Gasteiger partial charge in [-0.2, -0.15) is 5.10 Å². The average Bonchev–Trinajstić information content (AvgIpc) is 2.92. The molecule has 1 atom stereocenters. The van der Waals surface area contributed by atoms with Crippen LogP contribution in [0.1, 0.15) is 12.5 Å². The first kappa shape index (κ1) is 14.7. The molecule has 7 heteroatoms. The lowest BCUT2D eigenvalue weighted by atomic mass is 10.00. The summed E-state index contributed by atoms with van der Waals surface area (Å²) < 4.78 is 1.66. The van der Waals surface area contributed by atoms with Crippen molar-refractivity contribution in [2.24, 2.45) is 7.05 Å². The Morgan fingerprint density at radius 2 is 2.18 bits per heavy atom. The SMILES string of the molecule is Cn1cc(C(C)(O)CNc2ncnc3cc(Cl)ccc23)cn1. The van der Waals surface area contributed by atoms with E-state index in [9.17, 15) is 5.11 Å². The topological polar surface area (TPSA) is 75.9 Å². The number of aryl methyl sites for hydroxylation is 1. The quantitative estimate of drug-likeness (QED) is 0.772. The summed E-state index contributed by atoms with van der Waals surface area (Å²) >= 11 is 5.97. The number of anilines is 1. The second-order valence-electron chi connectivity index (χ2n) is 5.41. The number of nitrogens with zero attached hydrogens (tertiary/aromatic N) is 4. The van der Waals surface area contributed by atoms with Crippen LogP contribution in [0.4, 0.5) is 5.82 Å². The van der Waals surface area contributed by atoms with Crippen molar-refractivity contribution >= 4 is 28.3 Å².